The first-order chi connectivity index (χ1) is 12.9. The van der Waals surface area contributed by atoms with Gasteiger partial charge in [-0.05, 0) is 36.8 Å². The zero-order valence-corrected chi connectivity index (χ0v) is 14.6. The molecule has 0 radical (unpaired) electrons. The highest BCUT2D eigenvalue weighted by Crippen LogP contribution is 2.22. The number of benzene rings is 2. The number of hydrogen-bond acceptors (Lipinski definition) is 4. The van der Waals surface area contributed by atoms with E-state index in [-0.39, 0.29) is 34.7 Å². The molecule has 0 aliphatic heterocycles. The molecule has 0 unspecified atom stereocenters. The van der Waals surface area contributed by atoms with Gasteiger partial charge in [0.15, 0.2) is 11.6 Å². The summed E-state index contributed by atoms with van der Waals surface area (Å²) < 4.78 is 0. The fourth-order valence-electron chi connectivity index (χ4n) is 2.93. The molecule has 0 spiro atoms. The van der Waals surface area contributed by atoms with Gasteiger partial charge in [-0.3, -0.25) is 14.4 Å². The summed E-state index contributed by atoms with van der Waals surface area (Å²) in [7, 11) is 0. The van der Waals surface area contributed by atoms with Crippen LogP contribution in [0.4, 0.5) is 0 Å². The standard InChI is InChI=1S/C21H17NO5/c1-12-9-18(23)16-11-14(7-8-15(16)19(12)24)20(25)22-17(21(26)27)10-13-5-3-2-4-6-13/h2-9,11,17H,10H2,1H3,(H,22,25)(H,26,27)/t17-/m0/s1. The first kappa shape index (κ1) is 18.3. The lowest BCUT2D eigenvalue weighted by Crippen LogP contribution is -2.42. The predicted octanol–water partition coefficient (Wildman–Crippen LogP) is 2.44. The van der Waals surface area contributed by atoms with Crippen LogP contribution in [0.15, 0.2) is 60.2 Å². The van der Waals surface area contributed by atoms with Gasteiger partial charge in [-0.2, -0.15) is 0 Å². The van der Waals surface area contributed by atoms with Gasteiger partial charge in [0.05, 0.1) is 0 Å². The molecule has 136 valence electrons. The summed E-state index contributed by atoms with van der Waals surface area (Å²) in [5.41, 5.74) is 1.64. The van der Waals surface area contributed by atoms with Crippen LogP contribution in [0.5, 0.6) is 0 Å². The normalized spacial score (nSPS) is 14.2. The molecule has 0 bridgehead atoms. The van der Waals surface area contributed by atoms with Crippen molar-refractivity contribution in [2.24, 2.45) is 0 Å². The Hall–Kier alpha value is -3.54. The SMILES string of the molecule is CC1=CC(=O)c2cc(C(=O)N[C@@H](Cc3ccccc3)C(=O)O)ccc2C1=O. The molecule has 6 heteroatoms. The molecule has 3 rings (SSSR count). The molecule has 6 nitrogen and oxygen atoms in total. The maximum Gasteiger partial charge on any atom is 0.326 e. The maximum atomic E-state index is 12.5. The average Bonchev–Trinajstić information content (AvgIpc) is 2.66. The number of Topliss-reactive ketones (excluding diaryl/α,β-unsaturated/α-hetero) is 1. The molecular formula is C21H17NO5. The zero-order chi connectivity index (χ0) is 19.6. The molecule has 1 aliphatic rings. The van der Waals surface area contributed by atoms with Crippen LogP contribution in [0.2, 0.25) is 0 Å². The topological polar surface area (TPSA) is 101 Å². The number of rotatable bonds is 5. The van der Waals surface area contributed by atoms with Crippen molar-refractivity contribution in [2.45, 2.75) is 19.4 Å². The lowest BCUT2D eigenvalue weighted by Gasteiger charge is -2.17. The number of carbonyl (C=O) groups is 4. The summed E-state index contributed by atoms with van der Waals surface area (Å²) in [5.74, 6) is -2.39. The van der Waals surface area contributed by atoms with E-state index in [9.17, 15) is 24.3 Å². The number of carboxylic acid groups (broad SMARTS) is 1. The minimum absolute atomic E-state index is 0.127. The third-order valence-electron chi connectivity index (χ3n) is 4.38. The second-order valence-corrected chi connectivity index (χ2v) is 6.34. The monoisotopic (exact) mass is 363 g/mol. The fourth-order valence-corrected chi connectivity index (χ4v) is 2.93. The van der Waals surface area contributed by atoms with Crippen molar-refractivity contribution >= 4 is 23.4 Å². The van der Waals surface area contributed by atoms with Crippen molar-refractivity contribution in [3.63, 3.8) is 0 Å². The Bertz CT molecular complexity index is 975. The fraction of sp³-hybridized carbons (Fsp3) is 0.143. The van der Waals surface area contributed by atoms with Crippen LogP contribution in [0, 0.1) is 0 Å². The van der Waals surface area contributed by atoms with E-state index >= 15 is 0 Å². The highest BCUT2D eigenvalue weighted by molar-refractivity contribution is 6.24. The van der Waals surface area contributed by atoms with Crippen LogP contribution in [0.25, 0.3) is 0 Å². The first-order valence-electron chi connectivity index (χ1n) is 8.36. The van der Waals surface area contributed by atoms with Gasteiger partial charge in [0.1, 0.15) is 6.04 Å². The highest BCUT2D eigenvalue weighted by Gasteiger charge is 2.26. The molecule has 27 heavy (non-hydrogen) atoms. The van der Waals surface area contributed by atoms with Gasteiger partial charge in [0.2, 0.25) is 0 Å². The summed E-state index contributed by atoms with van der Waals surface area (Å²) in [6.07, 6.45) is 1.37. The molecule has 0 fully saturated rings. The molecule has 2 aromatic carbocycles. The minimum Gasteiger partial charge on any atom is -0.480 e. The van der Waals surface area contributed by atoms with Crippen LogP contribution in [-0.2, 0) is 11.2 Å². The third-order valence-corrected chi connectivity index (χ3v) is 4.38. The molecule has 1 aliphatic carbocycles. The highest BCUT2D eigenvalue weighted by atomic mass is 16.4. The first-order valence-corrected chi connectivity index (χ1v) is 8.36. The summed E-state index contributed by atoms with van der Waals surface area (Å²) in [6.45, 7) is 1.56. The third kappa shape index (κ3) is 3.84. The van der Waals surface area contributed by atoms with Crippen LogP contribution in [-0.4, -0.2) is 34.6 Å². The van der Waals surface area contributed by atoms with E-state index < -0.39 is 17.9 Å². The Morgan fingerprint density at radius 1 is 1.04 bits per heavy atom. The van der Waals surface area contributed by atoms with Crippen molar-refractivity contribution in [3.05, 3.63) is 82.4 Å². The van der Waals surface area contributed by atoms with E-state index in [4.69, 9.17) is 0 Å². The lowest BCUT2D eigenvalue weighted by atomic mass is 9.89. The number of nitrogens with one attached hydrogen (secondary N) is 1. The van der Waals surface area contributed by atoms with Gasteiger partial charge < -0.3 is 10.4 Å². The van der Waals surface area contributed by atoms with Gasteiger partial charge >= 0.3 is 5.97 Å². The molecule has 1 amide bonds. The zero-order valence-electron chi connectivity index (χ0n) is 14.6. The van der Waals surface area contributed by atoms with Crippen LogP contribution in [0.3, 0.4) is 0 Å². The van der Waals surface area contributed by atoms with Gasteiger partial charge in [-0.25, -0.2) is 4.79 Å². The Balaban J connectivity index is 1.82. The van der Waals surface area contributed by atoms with Crippen molar-refractivity contribution in [1.29, 1.82) is 0 Å². The second kappa shape index (κ2) is 7.37. The number of ketones is 2. The largest absolute Gasteiger partial charge is 0.480 e. The summed E-state index contributed by atoms with van der Waals surface area (Å²) >= 11 is 0. The van der Waals surface area contributed by atoms with Gasteiger partial charge in [0, 0.05) is 28.7 Å². The minimum atomic E-state index is -1.16. The molecule has 0 heterocycles. The van der Waals surface area contributed by atoms with Crippen molar-refractivity contribution < 1.29 is 24.3 Å². The smallest absolute Gasteiger partial charge is 0.326 e. The molecule has 2 N–H and O–H groups in total. The van der Waals surface area contributed by atoms with E-state index in [0.29, 0.717) is 5.57 Å². The molecule has 2 aromatic rings. The number of fused-ring (bicyclic) bond motifs is 1. The van der Waals surface area contributed by atoms with Crippen molar-refractivity contribution in [2.75, 3.05) is 0 Å². The van der Waals surface area contributed by atoms with Crippen molar-refractivity contribution in [3.8, 4) is 0 Å². The van der Waals surface area contributed by atoms with Crippen LogP contribution < -0.4 is 5.32 Å². The second-order valence-electron chi connectivity index (χ2n) is 6.34. The summed E-state index contributed by atoms with van der Waals surface area (Å²) in [6, 6.07) is 12.0. The number of carbonyl (C=O) groups excluding carboxylic acids is 3. The van der Waals surface area contributed by atoms with E-state index in [1.807, 2.05) is 6.07 Å². The van der Waals surface area contributed by atoms with Crippen molar-refractivity contribution in [1.82, 2.24) is 5.32 Å². The van der Waals surface area contributed by atoms with E-state index in [0.717, 1.165) is 5.56 Å². The lowest BCUT2D eigenvalue weighted by molar-refractivity contribution is -0.139. The number of hydrogen-bond donors (Lipinski definition) is 2. The average molecular weight is 363 g/mol. The van der Waals surface area contributed by atoms with E-state index in [2.05, 4.69) is 5.32 Å². The number of carboxylic acids is 1. The van der Waals surface area contributed by atoms with E-state index in [1.54, 1.807) is 31.2 Å². The quantitative estimate of drug-likeness (QED) is 0.850. The number of allylic oxidation sites excluding steroid dienone is 2. The number of aliphatic carboxylic acids is 1. The molecule has 0 saturated heterocycles. The maximum absolute atomic E-state index is 12.5. The Morgan fingerprint density at radius 3 is 2.41 bits per heavy atom. The Kier molecular flexibility index (Phi) is 4.98. The van der Waals surface area contributed by atoms with Crippen LogP contribution >= 0.6 is 0 Å². The molecular weight excluding hydrogens is 346 g/mol. The number of amides is 1. The van der Waals surface area contributed by atoms with Crippen LogP contribution in [0.1, 0.15) is 43.6 Å². The summed E-state index contributed by atoms with van der Waals surface area (Å²) in [5, 5.41) is 11.9. The Morgan fingerprint density at radius 2 is 1.74 bits per heavy atom. The van der Waals surface area contributed by atoms with Gasteiger partial charge in [0.25, 0.3) is 5.91 Å². The molecule has 0 saturated carbocycles. The van der Waals surface area contributed by atoms with Gasteiger partial charge in [-0.1, -0.05) is 30.3 Å². The molecule has 1 atom stereocenters. The predicted molar refractivity (Wildman–Crippen MR) is 97.9 cm³/mol. The van der Waals surface area contributed by atoms with E-state index in [1.165, 1.54) is 24.3 Å². The molecule has 0 aromatic heterocycles. The summed E-state index contributed by atoms with van der Waals surface area (Å²) in [4.78, 5) is 48.3. The Labute approximate surface area is 155 Å². The van der Waals surface area contributed by atoms with Gasteiger partial charge in [-0.15, -0.1) is 0 Å².